The summed E-state index contributed by atoms with van der Waals surface area (Å²) in [5.74, 6) is 1.04. The van der Waals surface area contributed by atoms with E-state index in [1.54, 1.807) is 11.3 Å². The molecule has 0 unspecified atom stereocenters. The molecule has 5 rings (SSSR count). The van der Waals surface area contributed by atoms with Crippen LogP contribution in [-0.2, 0) is 22.4 Å². The maximum absolute atomic E-state index is 12.8. The Labute approximate surface area is 162 Å². The number of amides is 1. The number of aromatic nitrogens is 2. The van der Waals surface area contributed by atoms with E-state index in [-0.39, 0.29) is 11.8 Å². The smallest absolute Gasteiger partial charge is 0.228 e. The number of anilines is 1. The molecule has 1 fully saturated rings. The fraction of sp³-hybridized carbons (Fsp3) is 0.429. The molecule has 1 aromatic carbocycles. The van der Waals surface area contributed by atoms with Crippen LogP contribution in [0.15, 0.2) is 24.3 Å². The molecule has 5 nitrogen and oxygen atoms in total. The molecule has 0 atom stereocenters. The van der Waals surface area contributed by atoms with E-state index in [4.69, 9.17) is 9.72 Å². The summed E-state index contributed by atoms with van der Waals surface area (Å²) in [5.41, 5.74) is 4.47. The van der Waals surface area contributed by atoms with Crippen molar-refractivity contribution in [3.63, 3.8) is 0 Å². The number of thiophene rings is 1. The van der Waals surface area contributed by atoms with Gasteiger partial charge < -0.3 is 15.0 Å². The second-order valence-corrected chi connectivity index (χ2v) is 8.50. The van der Waals surface area contributed by atoms with Crippen LogP contribution in [0.2, 0.25) is 0 Å². The summed E-state index contributed by atoms with van der Waals surface area (Å²) in [4.78, 5) is 22.5. The highest BCUT2D eigenvalue weighted by atomic mass is 32.1. The predicted octanol–water partition coefficient (Wildman–Crippen LogP) is 4.54. The molecule has 3 heterocycles. The number of para-hydroxylation sites is 2. The molecule has 0 radical (unpaired) electrons. The normalized spacial score (nSPS) is 17.8. The molecule has 3 aromatic rings. The van der Waals surface area contributed by atoms with Crippen LogP contribution >= 0.6 is 11.3 Å². The van der Waals surface area contributed by atoms with Gasteiger partial charge in [0.25, 0.3) is 0 Å². The molecule has 1 saturated heterocycles. The van der Waals surface area contributed by atoms with Gasteiger partial charge in [0.1, 0.15) is 10.8 Å². The molecule has 0 saturated carbocycles. The molecule has 1 aliphatic heterocycles. The third-order valence-corrected chi connectivity index (χ3v) is 6.83. The molecule has 2 N–H and O–H groups in total. The fourth-order valence-corrected chi connectivity index (χ4v) is 5.44. The first-order valence-electron chi connectivity index (χ1n) is 9.78. The molecule has 0 spiro atoms. The molecular weight excluding hydrogens is 358 g/mol. The van der Waals surface area contributed by atoms with Gasteiger partial charge in [0.2, 0.25) is 5.91 Å². The van der Waals surface area contributed by atoms with Gasteiger partial charge in [-0.05, 0) is 56.2 Å². The van der Waals surface area contributed by atoms with Crippen LogP contribution in [0, 0.1) is 5.92 Å². The largest absolute Gasteiger partial charge is 0.381 e. The van der Waals surface area contributed by atoms with Crippen molar-refractivity contribution in [1.82, 2.24) is 9.97 Å². The van der Waals surface area contributed by atoms with Crippen molar-refractivity contribution >= 4 is 33.3 Å². The number of imidazole rings is 1. The predicted molar refractivity (Wildman–Crippen MR) is 108 cm³/mol. The van der Waals surface area contributed by atoms with E-state index in [1.165, 1.54) is 23.3 Å². The molecule has 2 aromatic heterocycles. The van der Waals surface area contributed by atoms with Crippen LogP contribution in [0.25, 0.3) is 22.4 Å². The van der Waals surface area contributed by atoms with Gasteiger partial charge in [-0.1, -0.05) is 12.1 Å². The summed E-state index contributed by atoms with van der Waals surface area (Å²) in [7, 11) is 0. The van der Waals surface area contributed by atoms with Crippen LogP contribution in [0.4, 0.5) is 5.00 Å². The Kier molecular flexibility index (Phi) is 4.45. The number of hydrogen-bond donors (Lipinski definition) is 2. The van der Waals surface area contributed by atoms with E-state index in [9.17, 15) is 4.79 Å². The zero-order valence-corrected chi connectivity index (χ0v) is 16.0. The van der Waals surface area contributed by atoms with Gasteiger partial charge in [-0.2, -0.15) is 0 Å². The highest BCUT2D eigenvalue weighted by Crippen LogP contribution is 2.44. The van der Waals surface area contributed by atoms with E-state index in [2.05, 4.69) is 10.3 Å². The highest BCUT2D eigenvalue weighted by Gasteiger charge is 2.27. The number of rotatable bonds is 3. The lowest BCUT2D eigenvalue weighted by molar-refractivity contribution is -0.122. The van der Waals surface area contributed by atoms with Crippen molar-refractivity contribution in [2.45, 2.75) is 38.5 Å². The Bertz CT molecular complexity index is 952. The molecule has 1 aliphatic carbocycles. The van der Waals surface area contributed by atoms with Crippen molar-refractivity contribution in [3.05, 3.63) is 34.7 Å². The van der Waals surface area contributed by atoms with Crippen LogP contribution in [0.1, 0.15) is 36.1 Å². The lowest BCUT2D eigenvalue weighted by Gasteiger charge is -2.21. The lowest BCUT2D eigenvalue weighted by Crippen LogP contribution is -2.28. The first-order valence-corrected chi connectivity index (χ1v) is 10.6. The second-order valence-electron chi connectivity index (χ2n) is 7.39. The van der Waals surface area contributed by atoms with Crippen LogP contribution in [-0.4, -0.2) is 29.1 Å². The number of carbonyl (C=O) groups excluding carboxylic acids is 1. The maximum atomic E-state index is 12.8. The average Bonchev–Trinajstić information content (AvgIpc) is 3.29. The van der Waals surface area contributed by atoms with Gasteiger partial charge in [0, 0.05) is 24.0 Å². The Morgan fingerprint density at radius 3 is 2.85 bits per heavy atom. The third kappa shape index (κ3) is 3.17. The minimum atomic E-state index is 0.0430. The Balaban J connectivity index is 1.54. The molecule has 0 bridgehead atoms. The second kappa shape index (κ2) is 7.09. The molecule has 140 valence electrons. The van der Waals surface area contributed by atoms with Crippen LogP contribution in [0.3, 0.4) is 0 Å². The van der Waals surface area contributed by atoms with Gasteiger partial charge in [0.05, 0.1) is 16.6 Å². The van der Waals surface area contributed by atoms with E-state index < -0.39 is 0 Å². The van der Waals surface area contributed by atoms with Crippen LogP contribution < -0.4 is 5.32 Å². The number of fused-ring (bicyclic) bond motifs is 2. The van der Waals surface area contributed by atoms with Crippen molar-refractivity contribution in [1.29, 1.82) is 0 Å². The number of benzene rings is 1. The summed E-state index contributed by atoms with van der Waals surface area (Å²) >= 11 is 1.74. The number of aryl methyl sites for hydroxylation is 1. The molecule has 27 heavy (non-hydrogen) atoms. The zero-order chi connectivity index (χ0) is 18.2. The van der Waals surface area contributed by atoms with Crippen LogP contribution in [0.5, 0.6) is 0 Å². The van der Waals surface area contributed by atoms with E-state index in [0.717, 1.165) is 53.1 Å². The van der Waals surface area contributed by atoms with Gasteiger partial charge in [-0.15, -0.1) is 11.3 Å². The summed E-state index contributed by atoms with van der Waals surface area (Å²) < 4.78 is 5.40. The van der Waals surface area contributed by atoms with Crippen molar-refractivity contribution < 1.29 is 9.53 Å². The number of ether oxygens (including phenoxy) is 1. The number of H-pyrrole nitrogens is 1. The van der Waals surface area contributed by atoms with E-state index >= 15 is 0 Å². The Hall–Kier alpha value is -2.18. The minimum absolute atomic E-state index is 0.0430. The van der Waals surface area contributed by atoms with Gasteiger partial charge in [-0.3, -0.25) is 4.79 Å². The summed E-state index contributed by atoms with van der Waals surface area (Å²) in [6.45, 7) is 1.35. The molecule has 6 heteroatoms. The lowest BCUT2D eigenvalue weighted by atomic mass is 9.95. The summed E-state index contributed by atoms with van der Waals surface area (Å²) in [5, 5.41) is 4.20. The first-order chi connectivity index (χ1) is 13.3. The zero-order valence-electron chi connectivity index (χ0n) is 15.2. The van der Waals surface area contributed by atoms with E-state index in [1.807, 2.05) is 24.3 Å². The Morgan fingerprint density at radius 2 is 2.00 bits per heavy atom. The van der Waals surface area contributed by atoms with Crippen molar-refractivity contribution in [2.24, 2.45) is 5.92 Å². The standard InChI is InChI=1S/C21H23N3O2S/c25-20(13-9-11-26-12-10-13)24-21-18(14-5-1-4-8-17(14)27-21)19-22-15-6-2-3-7-16(15)23-19/h2-3,6-7,13H,1,4-5,8-12H2,(H,22,23)(H,24,25). The molecular formula is C21H23N3O2S. The van der Waals surface area contributed by atoms with Crippen molar-refractivity contribution in [2.75, 3.05) is 18.5 Å². The van der Waals surface area contributed by atoms with E-state index in [0.29, 0.717) is 13.2 Å². The number of carbonyl (C=O) groups is 1. The number of nitrogens with one attached hydrogen (secondary N) is 2. The maximum Gasteiger partial charge on any atom is 0.228 e. The van der Waals surface area contributed by atoms with Gasteiger partial charge in [0.15, 0.2) is 0 Å². The monoisotopic (exact) mass is 381 g/mol. The summed E-state index contributed by atoms with van der Waals surface area (Å²) in [6, 6.07) is 8.09. The number of nitrogens with zero attached hydrogens (tertiary/aromatic N) is 1. The average molecular weight is 382 g/mol. The number of hydrogen-bond acceptors (Lipinski definition) is 4. The quantitative estimate of drug-likeness (QED) is 0.700. The first kappa shape index (κ1) is 17.0. The van der Waals surface area contributed by atoms with Crippen molar-refractivity contribution in [3.8, 4) is 11.4 Å². The highest BCUT2D eigenvalue weighted by molar-refractivity contribution is 7.17. The summed E-state index contributed by atoms with van der Waals surface area (Å²) in [6.07, 6.45) is 6.18. The topological polar surface area (TPSA) is 67.0 Å². The molecule has 1 amide bonds. The number of aromatic amines is 1. The fourth-order valence-electron chi connectivity index (χ4n) is 4.15. The Morgan fingerprint density at radius 1 is 1.19 bits per heavy atom. The van der Waals surface area contributed by atoms with Gasteiger partial charge in [-0.25, -0.2) is 4.98 Å². The SMILES string of the molecule is O=C(Nc1sc2c(c1-c1nc3ccccc3[nH]1)CCCC2)C1CCOCC1. The van der Waals surface area contributed by atoms with Gasteiger partial charge >= 0.3 is 0 Å². The third-order valence-electron chi connectivity index (χ3n) is 5.63. The minimum Gasteiger partial charge on any atom is -0.381 e. The molecule has 2 aliphatic rings.